The van der Waals surface area contributed by atoms with Gasteiger partial charge in [0.15, 0.2) is 0 Å². The van der Waals surface area contributed by atoms with Gasteiger partial charge in [-0.2, -0.15) is 5.10 Å². The normalized spacial score (nSPS) is 27.6. The van der Waals surface area contributed by atoms with E-state index in [1.165, 1.54) is 50.6 Å². The van der Waals surface area contributed by atoms with E-state index in [2.05, 4.69) is 25.4 Å². The van der Waals surface area contributed by atoms with E-state index >= 15 is 0 Å². The summed E-state index contributed by atoms with van der Waals surface area (Å²) in [5, 5.41) is 12.6. The Bertz CT molecular complexity index is 908. The van der Waals surface area contributed by atoms with Crippen molar-refractivity contribution >= 4 is 17.5 Å². The zero-order chi connectivity index (χ0) is 19.4. The first-order valence-electron chi connectivity index (χ1n) is 11.3. The Kier molecular flexibility index (Phi) is 4.34. The van der Waals surface area contributed by atoms with Gasteiger partial charge in [-0.15, -0.1) is 0 Å². The third kappa shape index (κ3) is 3.44. The van der Waals surface area contributed by atoms with Crippen molar-refractivity contribution < 1.29 is 0 Å². The molecule has 29 heavy (non-hydrogen) atoms. The number of anilines is 1. The van der Waals surface area contributed by atoms with Crippen molar-refractivity contribution in [3.8, 4) is 11.3 Å². The number of hydrogen-bond donors (Lipinski definition) is 2. The van der Waals surface area contributed by atoms with Gasteiger partial charge in [0.05, 0.1) is 23.1 Å². The Morgan fingerprint density at radius 2 is 1.76 bits per heavy atom. The molecule has 1 spiro atoms. The summed E-state index contributed by atoms with van der Waals surface area (Å²) in [4.78, 5) is 9.29. The van der Waals surface area contributed by atoms with Gasteiger partial charge < -0.3 is 10.6 Å². The minimum absolute atomic E-state index is 0.441. The molecule has 2 N–H and O–H groups in total. The van der Waals surface area contributed by atoms with Gasteiger partial charge in [-0.1, -0.05) is 18.0 Å². The van der Waals surface area contributed by atoms with Crippen LogP contribution in [0.4, 0.5) is 5.95 Å². The van der Waals surface area contributed by atoms with Gasteiger partial charge in [-0.05, 0) is 63.2 Å². The first-order valence-corrected chi connectivity index (χ1v) is 11.7. The molecule has 4 aliphatic rings. The molecular weight excluding hydrogens is 384 g/mol. The SMILES string of the molecule is Clc1cnc(NC2CCC(NC3CCC3)CC2)nc1-c1cnn2c1CC1(CC1)C2. The highest BCUT2D eigenvalue weighted by atomic mass is 35.5. The molecule has 0 aromatic carbocycles. The van der Waals surface area contributed by atoms with E-state index in [1.54, 1.807) is 6.20 Å². The minimum Gasteiger partial charge on any atom is -0.351 e. The zero-order valence-electron chi connectivity index (χ0n) is 16.8. The summed E-state index contributed by atoms with van der Waals surface area (Å²) >= 11 is 6.51. The summed E-state index contributed by atoms with van der Waals surface area (Å²) in [7, 11) is 0. The first-order chi connectivity index (χ1) is 14.2. The number of aromatic nitrogens is 4. The van der Waals surface area contributed by atoms with Gasteiger partial charge in [0, 0.05) is 35.9 Å². The summed E-state index contributed by atoms with van der Waals surface area (Å²) in [6.45, 7) is 1.05. The standard InChI is InChI=1S/C22H29ClN6/c23-18-12-24-21(27-16-6-4-15(5-7-16)26-14-2-1-3-14)28-20(18)17-11-25-29-13-22(8-9-22)10-19(17)29/h11-12,14-16,26H,1-10,13H2,(H,24,27,28). The van der Waals surface area contributed by atoms with Crippen molar-refractivity contribution in [1.29, 1.82) is 0 Å². The van der Waals surface area contributed by atoms with Crippen LogP contribution in [0.3, 0.4) is 0 Å². The monoisotopic (exact) mass is 412 g/mol. The average Bonchev–Trinajstić information content (AvgIpc) is 3.19. The van der Waals surface area contributed by atoms with E-state index < -0.39 is 0 Å². The quantitative estimate of drug-likeness (QED) is 0.770. The van der Waals surface area contributed by atoms with Crippen molar-refractivity contribution in [2.24, 2.45) is 5.41 Å². The van der Waals surface area contributed by atoms with Gasteiger partial charge in [0.2, 0.25) is 5.95 Å². The summed E-state index contributed by atoms with van der Waals surface area (Å²) in [6.07, 6.45) is 16.3. The number of halogens is 1. The van der Waals surface area contributed by atoms with E-state index in [4.69, 9.17) is 16.6 Å². The third-order valence-corrected chi connectivity index (χ3v) is 7.85. The summed E-state index contributed by atoms with van der Waals surface area (Å²) in [6, 6.07) is 1.90. The van der Waals surface area contributed by atoms with Gasteiger partial charge in [-0.25, -0.2) is 9.97 Å². The smallest absolute Gasteiger partial charge is 0.223 e. The second-order valence-electron chi connectivity index (χ2n) is 9.72. The van der Waals surface area contributed by atoms with Gasteiger partial charge in [-0.3, -0.25) is 4.68 Å². The predicted molar refractivity (Wildman–Crippen MR) is 114 cm³/mol. The second kappa shape index (κ2) is 6.95. The molecule has 1 aliphatic heterocycles. The van der Waals surface area contributed by atoms with Crippen molar-refractivity contribution in [1.82, 2.24) is 25.1 Å². The molecule has 3 saturated carbocycles. The van der Waals surface area contributed by atoms with Crippen molar-refractivity contribution in [2.75, 3.05) is 5.32 Å². The van der Waals surface area contributed by atoms with E-state index in [0.29, 0.717) is 28.5 Å². The third-order valence-electron chi connectivity index (χ3n) is 7.57. The lowest BCUT2D eigenvalue weighted by Gasteiger charge is -2.35. The van der Waals surface area contributed by atoms with Crippen LogP contribution in [0.25, 0.3) is 11.3 Å². The Balaban J connectivity index is 1.14. The lowest BCUT2D eigenvalue weighted by molar-refractivity contribution is 0.260. The molecule has 0 bridgehead atoms. The number of fused-ring (bicyclic) bond motifs is 1. The van der Waals surface area contributed by atoms with E-state index in [-0.39, 0.29) is 0 Å². The minimum atomic E-state index is 0.441. The van der Waals surface area contributed by atoms with Crippen LogP contribution in [-0.2, 0) is 13.0 Å². The highest BCUT2D eigenvalue weighted by Crippen LogP contribution is 2.54. The Hall–Kier alpha value is -1.66. The fourth-order valence-electron chi connectivity index (χ4n) is 5.29. The Morgan fingerprint density at radius 1 is 1.00 bits per heavy atom. The second-order valence-corrected chi connectivity index (χ2v) is 10.1. The summed E-state index contributed by atoms with van der Waals surface area (Å²) in [5.41, 5.74) is 3.67. The number of hydrogen-bond acceptors (Lipinski definition) is 5. The molecule has 0 atom stereocenters. The van der Waals surface area contributed by atoms with Crippen LogP contribution >= 0.6 is 11.6 Å². The molecule has 6 nitrogen and oxygen atoms in total. The van der Waals surface area contributed by atoms with Gasteiger partial charge in [0.25, 0.3) is 0 Å². The molecule has 0 saturated heterocycles. The molecule has 0 amide bonds. The fraction of sp³-hybridized carbons (Fsp3) is 0.682. The molecule has 3 aliphatic carbocycles. The van der Waals surface area contributed by atoms with E-state index in [1.807, 2.05) is 6.20 Å². The number of rotatable bonds is 5. The van der Waals surface area contributed by atoms with Crippen LogP contribution in [0, 0.1) is 5.41 Å². The first kappa shape index (κ1) is 18.1. The number of nitrogens with zero attached hydrogens (tertiary/aromatic N) is 4. The lowest BCUT2D eigenvalue weighted by Crippen LogP contribution is -2.45. The maximum atomic E-state index is 6.51. The molecule has 154 valence electrons. The summed E-state index contributed by atoms with van der Waals surface area (Å²) in [5.74, 6) is 0.693. The molecule has 2 aromatic rings. The maximum Gasteiger partial charge on any atom is 0.223 e. The fourth-order valence-corrected chi connectivity index (χ4v) is 5.49. The number of nitrogens with one attached hydrogen (secondary N) is 2. The topological polar surface area (TPSA) is 67.7 Å². The van der Waals surface area contributed by atoms with Gasteiger partial charge in [0.1, 0.15) is 0 Å². The van der Waals surface area contributed by atoms with Gasteiger partial charge >= 0.3 is 0 Å². The molecule has 7 heteroatoms. The van der Waals surface area contributed by atoms with Crippen LogP contribution in [0.1, 0.15) is 63.5 Å². The molecule has 0 unspecified atom stereocenters. The van der Waals surface area contributed by atoms with Crippen LogP contribution < -0.4 is 10.6 Å². The molecule has 0 radical (unpaired) electrons. The molecule has 6 rings (SSSR count). The molecular formula is C22H29ClN6. The lowest BCUT2D eigenvalue weighted by atomic mass is 9.87. The van der Waals surface area contributed by atoms with Crippen LogP contribution in [0.5, 0.6) is 0 Å². The van der Waals surface area contributed by atoms with E-state index in [9.17, 15) is 0 Å². The summed E-state index contributed by atoms with van der Waals surface area (Å²) < 4.78 is 2.16. The zero-order valence-corrected chi connectivity index (χ0v) is 17.6. The molecule has 3 fully saturated rings. The highest BCUT2D eigenvalue weighted by Gasteiger charge is 2.48. The largest absolute Gasteiger partial charge is 0.351 e. The average molecular weight is 413 g/mol. The van der Waals surface area contributed by atoms with Crippen molar-refractivity contribution in [3.05, 3.63) is 23.1 Å². The van der Waals surface area contributed by atoms with Crippen molar-refractivity contribution in [2.45, 2.75) is 88.9 Å². The Morgan fingerprint density at radius 3 is 2.48 bits per heavy atom. The van der Waals surface area contributed by atoms with E-state index in [0.717, 1.165) is 43.1 Å². The Labute approximate surface area is 176 Å². The molecule has 2 aromatic heterocycles. The van der Waals surface area contributed by atoms with Crippen LogP contribution in [0.15, 0.2) is 12.4 Å². The molecule has 3 heterocycles. The van der Waals surface area contributed by atoms with Crippen molar-refractivity contribution in [3.63, 3.8) is 0 Å². The highest BCUT2D eigenvalue weighted by molar-refractivity contribution is 6.32. The van der Waals surface area contributed by atoms with Crippen LogP contribution in [-0.4, -0.2) is 37.9 Å². The van der Waals surface area contributed by atoms with Crippen LogP contribution in [0.2, 0.25) is 5.02 Å². The predicted octanol–water partition coefficient (Wildman–Crippen LogP) is 4.20. The maximum absolute atomic E-state index is 6.51.